The molecular formula is C23H33N3O. The predicted octanol–water partition coefficient (Wildman–Crippen LogP) is 4.57. The Morgan fingerprint density at radius 2 is 1.70 bits per heavy atom. The molecule has 27 heavy (non-hydrogen) atoms. The highest BCUT2D eigenvalue weighted by atomic mass is 16.1. The van der Waals surface area contributed by atoms with Gasteiger partial charge in [-0.05, 0) is 62.0 Å². The Morgan fingerprint density at radius 3 is 2.56 bits per heavy atom. The fourth-order valence-corrected chi connectivity index (χ4v) is 6.30. The number of fused-ring (bicyclic) bond motifs is 2. The Labute approximate surface area is 161 Å². The molecule has 1 aromatic carbocycles. The summed E-state index contributed by atoms with van der Waals surface area (Å²) in [6.07, 6.45) is 12.5. The van der Waals surface area contributed by atoms with E-state index in [-0.39, 0.29) is 5.69 Å². The number of benzene rings is 1. The second kappa shape index (κ2) is 7.46. The van der Waals surface area contributed by atoms with Gasteiger partial charge in [-0.2, -0.15) is 0 Å². The molecule has 0 spiro atoms. The van der Waals surface area contributed by atoms with Crippen molar-refractivity contribution in [1.82, 2.24) is 14.5 Å². The molecule has 2 saturated carbocycles. The first-order valence-corrected chi connectivity index (χ1v) is 11.2. The van der Waals surface area contributed by atoms with Gasteiger partial charge in [-0.3, -0.25) is 4.57 Å². The molecular weight excluding hydrogens is 334 g/mol. The largest absolute Gasteiger partial charge is 0.326 e. The lowest BCUT2D eigenvalue weighted by Gasteiger charge is -2.42. The molecule has 4 heteroatoms. The molecule has 4 nitrogen and oxygen atoms in total. The summed E-state index contributed by atoms with van der Waals surface area (Å²) in [5.41, 5.74) is 2.09. The van der Waals surface area contributed by atoms with Crippen molar-refractivity contribution in [3.05, 3.63) is 34.7 Å². The highest BCUT2D eigenvalue weighted by Gasteiger charge is 2.33. The number of nitrogens with one attached hydrogen (secondary N) is 1. The summed E-state index contributed by atoms with van der Waals surface area (Å²) in [6.45, 7) is 3.57. The van der Waals surface area contributed by atoms with Crippen LogP contribution >= 0.6 is 0 Å². The van der Waals surface area contributed by atoms with Crippen LogP contribution in [0.2, 0.25) is 0 Å². The van der Waals surface area contributed by atoms with Crippen molar-refractivity contribution < 1.29 is 0 Å². The molecule has 0 bridgehead atoms. The average molecular weight is 368 g/mol. The summed E-state index contributed by atoms with van der Waals surface area (Å²) in [7, 11) is 0. The van der Waals surface area contributed by atoms with Gasteiger partial charge >= 0.3 is 5.69 Å². The number of aromatic nitrogens is 2. The maximum absolute atomic E-state index is 12.5. The Kier molecular flexibility index (Phi) is 4.85. The van der Waals surface area contributed by atoms with Crippen LogP contribution in [-0.2, 0) is 0 Å². The van der Waals surface area contributed by atoms with Gasteiger partial charge in [-0.1, -0.05) is 37.8 Å². The van der Waals surface area contributed by atoms with Gasteiger partial charge in [0.15, 0.2) is 0 Å². The number of hydrogen-bond donors (Lipinski definition) is 1. The van der Waals surface area contributed by atoms with Gasteiger partial charge in [-0.25, -0.2) is 4.79 Å². The molecule has 0 amide bonds. The molecule has 146 valence electrons. The number of para-hydroxylation sites is 2. The second-order valence-corrected chi connectivity index (χ2v) is 9.33. The number of imidazole rings is 1. The van der Waals surface area contributed by atoms with Crippen molar-refractivity contribution in [1.29, 1.82) is 0 Å². The van der Waals surface area contributed by atoms with E-state index in [1.165, 1.54) is 51.5 Å². The Bertz CT molecular complexity index is 830. The molecule has 1 saturated heterocycles. The zero-order valence-electron chi connectivity index (χ0n) is 16.4. The molecule has 1 aliphatic heterocycles. The second-order valence-electron chi connectivity index (χ2n) is 9.33. The van der Waals surface area contributed by atoms with Gasteiger partial charge < -0.3 is 9.88 Å². The number of H-pyrrole nitrogens is 1. The fourth-order valence-electron chi connectivity index (χ4n) is 6.30. The maximum atomic E-state index is 12.5. The number of nitrogens with zero attached hydrogens (tertiary/aromatic N) is 2. The van der Waals surface area contributed by atoms with E-state index in [0.717, 1.165) is 54.7 Å². The van der Waals surface area contributed by atoms with Crippen molar-refractivity contribution in [2.75, 3.05) is 19.6 Å². The third-order valence-electron chi connectivity index (χ3n) is 7.71. The van der Waals surface area contributed by atoms with Gasteiger partial charge in [-0.15, -0.1) is 0 Å². The third kappa shape index (κ3) is 3.49. The van der Waals surface area contributed by atoms with Crippen LogP contribution in [0.15, 0.2) is 29.1 Å². The first-order valence-electron chi connectivity index (χ1n) is 11.2. The van der Waals surface area contributed by atoms with Crippen LogP contribution in [0, 0.1) is 17.8 Å². The summed E-state index contributed by atoms with van der Waals surface area (Å²) >= 11 is 0. The number of aromatic amines is 1. The Balaban J connectivity index is 1.19. The van der Waals surface area contributed by atoms with Gasteiger partial charge in [0.2, 0.25) is 0 Å². The molecule has 3 unspecified atom stereocenters. The molecule has 2 heterocycles. The molecule has 3 atom stereocenters. The monoisotopic (exact) mass is 367 g/mol. The molecule has 0 radical (unpaired) electrons. The topological polar surface area (TPSA) is 41.0 Å². The Hall–Kier alpha value is -1.55. The molecule has 3 fully saturated rings. The predicted molar refractivity (Wildman–Crippen MR) is 110 cm³/mol. The van der Waals surface area contributed by atoms with Crippen LogP contribution in [0.1, 0.15) is 63.8 Å². The van der Waals surface area contributed by atoms with E-state index >= 15 is 0 Å². The van der Waals surface area contributed by atoms with Crippen molar-refractivity contribution >= 4 is 11.0 Å². The summed E-state index contributed by atoms with van der Waals surface area (Å²) < 4.78 is 2.01. The lowest BCUT2D eigenvalue weighted by Crippen LogP contribution is -2.41. The number of rotatable bonds is 3. The van der Waals surface area contributed by atoms with E-state index < -0.39 is 0 Å². The number of hydrogen-bond acceptors (Lipinski definition) is 2. The average Bonchev–Trinajstić information content (AvgIpc) is 3.04. The third-order valence-corrected chi connectivity index (χ3v) is 7.71. The summed E-state index contributed by atoms with van der Waals surface area (Å²) in [4.78, 5) is 18.2. The van der Waals surface area contributed by atoms with Crippen LogP contribution in [0.5, 0.6) is 0 Å². The van der Waals surface area contributed by atoms with Gasteiger partial charge in [0.25, 0.3) is 0 Å². The molecule has 2 aliphatic carbocycles. The lowest BCUT2D eigenvalue weighted by molar-refractivity contribution is 0.0896. The highest BCUT2D eigenvalue weighted by molar-refractivity contribution is 5.75. The summed E-state index contributed by atoms with van der Waals surface area (Å²) in [6, 6.07) is 8.44. The maximum Gasteiger partial charge on any atom is 0.326 e. The zero-order valence-corrected chi connectivity index (χ0v) is 16.4. The SMILES string of the molecule is O=c1[nH]c2ccccc2n1C1CCN(CC2CCC3CCCCC3C2)CC1. The Morgan fingerprint density at radius 1 is 0.926 bits per heavy atom. The van der Waals surface area contributed by atoms with Crippen molar-refractivity contribution in [3.8, 4) is 0 Å². The summed E-state index contributed by atoms with van der Waals surface area (Å²) in [5, 5.41) is 0. The fraction of sp³-hybridized carbons (Fsp3) is 0.696. The lowest BCUT2D eigenvalue weighted by atomic mass is 9.67. The van der Waals surface area contributed by atoms with Crippen molar-refractivity contribution in [3.63, 3.8) is 0 Å². The van der Waals surface area contributed by atoms with E-state index in [1.807, 2.05) is 22.8 Å². The smallest absolute Gasteiger partial charge is 0.306 e. The molecule has 2 aromatic rings. The molecule has 3 aliphatic rings. The van der Waals surface area contributed by atoms with Crippen LogP contribution in [0.4, 0.5) is 0 Å². The van der Waals surface area contributed by atoms with Crippen LogP contribution < -0.4 is 5.69 Å². The first kappa shape index (κ1) is 17.5. The molecule has 5 rings (SSSR count). The highest BCUT2D eigenvalue weighted by Crippen LogP contribution is 2.43. The number of piperidine rings is 1. The van der Waals surface area contributed by atoms with Crippen molar-refractivity contribution in [2.45, 2.75) is 63.8 Å². The van der Waals surface area contributed by atoms with Gasteiger partial charge in [0, 0.05) is 25.7 Å². The summed E-state index contributed by atoms with van der Waals surface area (Å²) in [5.74, 6) is 2.99. The normalized spacial score (nSPS) is 30.4. The van der Waals surface area contributed by atoms with E-state index in [4.69, 9.17) is 0 Å². The van der Waals surface area contributed by atoms with Crippen LogP contribution in [0.3, 0.4) is 0 Å². The van der Waals surface area contributed by atoms with Crippen LogP contribution in [0.25, 0.3) is 11.0 Å². The minimum Gasteiger partial charge on any atom is -0.306 e. The van der Waals surface area contributed by atoms with E-state index in [0.29, 0.717) is 6.04 Å². The minimum absolute atomic E-state index is 0.0604. The van der Waals surface area contributed by atoms with Crippen LogP contribution in [-0.4, -0.2) is 34.1 Å². The van der Waals surface area contributed by atoms with Crippen molar-refractivity contribution in [2.24, 2.45) is 17.8 Å². The van der Waals surface area contributed by atoms with Gasteiger partial charge in [0.05, 0.1) is 11.0 Å². The standard InChI is InChI=1S/C23H33N3O/c27-23-24-21-7-3-4-8-22(21)26(23)20-11-13-25(14-12-20)16-17-9-10-18-5-1-2-6-19(18)15-17/h3-4,7-8,17-20H,1-2,5-6,9-16H2,(H,24,27). The van der Waals surface area contributed by atoms with E-state index in [2.05, 4.69) is 16.0 Å². The van der Waals surface area contributed by atoms with E-state index in [1.54, 1.807) is 0 Å². The van der Waals surface area contributed by atoms with Gasteiger partial charge in [0.1, 0.15) is 0 Å². The molecule has 1 N–H and O–H groups in total. The first-order chi connectivity index (χ1) is 13.3. The van der Waals surface area contributed by atoms with E-state index in [9.17, 15) is 4.79 Å². The number of likely N-dealkylation sites (tertiary alicyclic amines) is 1. The zero-order chi connectivity index (χ0) is 18.2. The minimum atomic E-state index is 0.0604. The quantitative estimate of drug-likeness (QED) is 0.863. The molecule has 1 aromatic heterocycles.